The Hall–Kier alpha value is -1.25. The van der Waals surface area contributed by atoms with Crippen molar-refractivity contribution in [3.8, 4) is 0 Å². The van der Waals surface area contributed by atoms with Crippen LogP contribution in [0.5, 0.6) is 0 Å². The lowest BCUT2D eigenvalue weighted by Crippen LogP contribution is -2.39. The number of hydrogen-bond donors (Lipinski definition) is 1. The Morgan fingerprint density at radius 3 is 2.83 bits per heavy atom. The van der Waals surface area contributed by atoms with Crippen molar-refractivity contribution in [3.05, 3.63) is 29.2 Å². The highest BCUT2D eigenvalue weighted by Gasteiger charge is 2.51. The Balaban J connectivity index is 1.86. The van der Waals surface area contributed by atoms with Crippen LogP contribution in [-0.4, -0.2) is 21.5 Å². The van der Waals surface area contributed by atoms with Crippen molar-refractivity contribution in [2.24, 2.45) is 5.41 Å². The van der Waals surface area contributed by atoms with E-state index in [-0.39, 0.29) is 11.5 Å². The minimum absolute atomic E-state index is 0.149. The van der Waals surface area contributed by atoms with Gasteiger partial charge in [-0.1, -0.05) is 19.3 Å². The lowest BCUT2D eigenvalue weighted by molar-refractivity contribution is -0.509. The number of aromatic amines is 1. The number of hydroxylamine groups is 1. The molecule has 1 aliphatic heterocycles. The first-order valence-electron chi connectivity index (χ1n) is 7.12. The molecule has 1 spiro atoms. The molecule has 0 amide bonds. The molecule has 3 heteroatoms. The maximum Gasteiger partial charge on any atom is 0.174 e. The predicted molar refractivity (Wildman–Crippen MR) is 72.7 cm³/mol. The first-order chi connectivity index (χ1) is 8.71. The van der Waals surface area contributed by atoms with Crippen LogP contribution in [0.1, 0.15) is 51.1 Å². The average Bonchev–Trinajstić information content (AvgIpc) is 2.95. The number of nitrogens with one attached hydrogen (secondary N) is 1. The van der Waals surface area contributed by atoms with Crippen molar-refractivity contribution in [2.45, 2.75) is 57.9 Å². The number of nitrogens with zero attached hydrogens (tertiary/aromatic N) is 1. The molecular formula is C15H22N2O. The fourth-order valence-electron chi connectivity index (χ4n) is 3.99. The average molecular weight is 246 g/mol. The summed E-state index contributed by atoms with van der Waals surface area (Å²) in [7, 11) is 0. The number of H-pyrrole nitrogens is 1. The Morgan fingerprint density at radius 2 is 2.17 bits per heavy atom. The largest absolute Gasteiger partial charge is 0.624 e. The third-order valence-electron chi connectivity index (χ3n) is 4.90. The molecular weight excluding hydrogens is 224 g/mol. The molecule has 0 radical (unpaired) electrons. The van der Waals surface area contributed by atoms with Gasteiger partial charge in [0, 0.05) is 30.7 Å². The zero-order chi connectivity index (χ0) is 12.6. The summed E-state index contributed by atoms with van der Waals surface area (Å²) in [6.45, 7) is 2.01. The second-order valence-electron chi connectivity index (χ2n) is 6.08. The summed E-state index contributed by atoms with van der Waals surface area (Å²) in [6, 6.07) is 4.26. The standard InChI is InChI=1S/C15H22N2O/c1-12-11-15(7-3-2-4-8-15)14(17(12)18)10-13-6-5-9-16-13/h5-6,9,14,16H,2-4,7-8,10-11H2,1H3. The first-order valence-corrected chi connectivity index (χ1v) is 7.12. The van der Waals surface area contributed by atoms with Gasteiger partial charge in [0.15, 0.2) is 11.8 Å². The molecule has 2 heterocycles. The van der Waals surface area contributed by atoms with Crippen molar-refractivity contribution in [2.75, 3.05) is 0 Å². The van der Waals surface area contributed by atoms with Crippen molar-refractivity contribution >= 4 is 5.71 Å². The number of hydrogen-bond acceptors (Lipinski definition) is 1. The Kier molecular flexibility index (Phi) is 2.92. The van der Waals surface area contributed by atoms with E-state index in [4.69, 9.17) is 0 Å². The second kappa shape index (κ2) is 4.45. The molecule has 3 nitrogen and oxygen atoms in total. The van der Waals surface area contributed by atoms with Gasteiger partial charge in [-0.2, -0.15) is 0 Å². The Morgan fingerprint density at radius 1 is 1.39 bits per heavy atom. The minimum atomic E-state index is 0.149. The summed E-state index contributed by atoms with van der Waals surface area (Å²) in [5.74, 6) is 0. The highest BCUT2D eigenvalue weighted by Crippen LogP contribution is 2.47. The minimum Gasteiger partial charge on any atom is -0.624 e. The van der Waals surface area contributed by atoms with Crippen LogP contribution in [0.15, 0.2) is 18.3 Å². The van der Waals surface area contributed by atoms with E-state index in [0.29, 0.717) is 0 Å². The highest BCUT2D eigenvalue weighted by atomic mass is 16.5. The van der Waals surface area contributed by atoms with E-state index in [1.807, 2.05) is 19.2 Å². The van der Waals surface area contributed by atoms with Crippen LogP contribution >= 0.6 is 0 Å². The van der Waals surface area contributed by atoms with Crippen LogP contribution in [0.4, 0.5) is 0 Å². The van der Waals surface area contributed by atoms with Crippen LogP contribution in [0.2, 0.25) is 0 Å². The van der Waals surface area contributed by atoms with E-state index in [9.17, 15) is 5.21 Å². The summed E-state index contributed by atoms with van der Waals surface area (Å²) < 4.78 is 1.31. The zero-order valence-corrected chi connectivity index (χ0v) is 11.1. The van der Waals surface area contributed by atoms with Gasteiger partial charge in [-0.25, -0.2) is 4.74 Å². The van der Waals surface area contributed by atoms with Crippen molar-refractivity contribution in [1.29, 1.82) is 0 Å². The van der Waals surface area contributed by atoms with Gasteiger partial charge in [-0.05, 0) is 25.0 Å². The van der Waals surface area contributed by atoms with E-state index < -0.39 is 0 Å². The molecule has 1 unspecified atom stereocenters. The van der Waals surface area contributed by atoms with Crippen molar-refractivity contribution < 1.29 is 4.74 Å². The molecule has 3 rings (SSSR count). The summed E-state index contributed by atoms with van der Waals surface area (Å²) in [6.07, 6.45) is 10.2. The van der Waals surface area contributed by atoms with Gasteiger partial charge in [0.05, 0.1) is 6.42 Å². The van der Waals surface area contributed by atoms with Gasteiger partial charge in [-0.15, -0.1) is 0 Å². The fraction of sp³-hybridized carbons (Fsp3) is 0.667. The van der Waals surface area contributed by atoms with E-state index in [1.165, 1.54) is 42.5 Å². The van der Waals surface area contributed by atoms with Gasteiger partial charge in [0.1, 0.15) is 0 Å². The third-order valence-corrected chi connectivity index (χ3v) is 4.90. The van der Waals surface area contributed by atoms with Crippen molar-refractivity contribution in [1.82, 2.24) is 4.98 Å². The SMILES string of the molecule is CC1=[N+]([O-])C(Cc2ccc[nH]2)C2(CCCCC2)C1. The lowest BCUT2D eigenvalue weighted by atomic mass is 9.67. The maximum absolute atomic E-state index is 12.4. The smallest absolute Gasteiger partial charge is 0.174 e. The van der Waals surface area contributed by atoms with Crippen LogP contribution < -0.4 is 0 Å². The maximum atomic E-state index is 12.4. The first kappa shape index (κ1) is 11.8. The van der Waals surface area contributed by atoms with Crippen LogP contribution in [0.25, 0.3) is 0 Å². The van der Waals surface area contributed by atoms with E-state index in [1.54, 1.807) is 0 Å². The van der Waals surface area contributed by atoms with E-state index in [2.05, 4.69) is 11.1 Å². The van der Waals surface area contributed by atoms with Crippen LogP contribution in [-0.2, 0) is 6.42 Å². The van der Waals surface area contributed by atoms with Gasteiger partial charge in [0.2, 0.25) is 0 Å². The summed E-state index contributed by atoms with van der Waals surface area (Å²) >= 11 is 0. The Labute approximate surface area is 108 Å². The summed E-state index contributed by atoms with van der Waals surface area (Å²) in [4.78, 5) is 3.25. The summed E-state index contributed by atoms with van der Waals surface area (Å²) in [5.41, 5.74) is 2.49. The Bertz CT molecular complexity index is 441. The highest BCUT2D eigenvalue weighted by molar-refractivity contribution is 5.79. The van der Waals surface area contributed by atoms with Gasteiger partial charge in [0.25, 0.3) is 0 Å². The zero-order valence-electron chi connectivity index (χ0n) is 11.1. The van der Waals surface area contributed by atoms with Gasteiger partial charge >= 0.3 is 0 Å². The normalized spacial score (nSPS) is 27.1. The molecule has 98 valence electrons. The molecule has 0 saturated heterocycles. The molecule has 1 saturated carbocycles. The molecule has 1 aliphatic carbocycles. The lowest BCUT2D eigenvalue weighted by Gasteiger charge is -2.36. The predicted octanol–water partition coefficient (Wildman–Crippen LogP) is 3.25. The molecule has 0 aromatic carbocycles. The summed E-state index contributed by atoms with van der Waals surface area (Å²) in [5, 5.41) is 12.4. The molecule has 18 heavy (non-hydrogen) atoms. The molecule has 1 fully saturated rings. The molecule has 1 N–H and O–H groups in total. The molecule has 1 aromatic heterocycles. The molecule has 1 aromatic rings. The molecule has 0 bridgehead atoms. The monoisotopic (exact) mass is 246 g/mol. The second-order valence-corrected chi connectivity index (χ2v) is 6.08. The topological polar surface area (TPSA) is 41.9 Å². The van der Waals surface area contributed by atoms with Gasteiger partial charge < -0.3 is 10.2 Å². The van der Waals surface area contributed by atoms with E-state index in [0.717, 1.165) is 18.6 Å². The molecule has 1 atom stereocenters. The van der Waals surface area contributed by atoms with Crippen molar-refractivity contribution in [3.63, 3.8) is 0 Å². The number of aromatic nitrogens is 1. The third kappa shape index (κ3) is 1.86. The molecule has 2 aliphatic rings. The van der Waals surface area contributed by atoms with E-state index >= 15 is 0 Å². The van der Waals surface area contributed by atoms with Crippen LogP contribution in [0.3, 0.4) is 0 Å². The fourth-order valence-corrected chi connectivity index (χ4v) is 3.99. The van der Waals surface area contributed by atoms with Gasteiger partial charge in [-0.3, -0.25) is 0 Å². The van der Waals surface area contributed by atoms with Crippen LogP contribution in [0, 0.1) is 10.6 Å². The number of rotatable bonds is 2. The quantitative estimate of drug-likeness (QED) is 0.631.